The van der Waals surface area contributed by atoms with E-state index >= 15 is 0 Å². The highest BCUT2D eigenvalue weighted by atomic mass is 31.1. The van der Waals surface area contributed by atoms with E-state index < -0.39 is 26.5 Å². The van der Waals surface area contributed by atoms with E-state index in [0.29, 0.717) is 12.8 Å². The van der Waals surface area contributed by atoms with Gasteiger partial charge in [0, 0.05) is 23.0 Å². The minimum Gasteiger partial charge on any atom is -0.481 e. The van der Waals surface area contributed by atoms with Gasteiger partial charge in [-0.1, -0.05) is 46.8 Å². The fourth-order valence-corrected chi connectivity index (χ4v) is 4.58. The Kier molecular flexibility index (Phi) is 9.77. The van der Waals surface area contributed by atoms with Crippen molar-refractivity contribution in [2.24, 2.45) is 0 Å². The number of carbonyl (C=O) groups is 1. The van der Waals surface area contributed by atoms with Gasteiger partial charge in [0.25, 0.3) is 0 Å². The number of hydrogen-bond acceptors (Lipinski definition) is 5. The van der Waals surface area contributed by atoms with Gasteiger partial charge in [-0.15, -0.1) is 0 Å². The highest BCUT2D eigenvalue weighted by Crippen LogP contribution is 2.35. The molecule has 182 valence electrons. The zero-order valence-corrected chi connectivity index (χ0v) is 21.0. The number of aliphatic carboxylic acids is 1. The number of rotatable bonds is 11. The fourth-order valence-electron chi connectivity index (χ4n) is 3.56. The van der Waals surface area contributed by atoms with Gasteiger partial charge in [-0.2, -0.15) is 0 Å². The molecule has 6 nitrogen and oxygen atoms in total. The molecule has 0 aliphatic rings. The number of carboxylic acid groups (broad SMARTS) is 1. The summed E-state index contributed by atoms with van der Waals surface area (Å²) in [4.78, 5) is 15.6. The zero-order chi connectivity index (χ0) is 24.8. The Bertz CT molecular complexity index is 970. The number of halogens is 1. The summed E-state index contributed by atoms with van der Waals surface area (Å²) in [6, 6.07) is 8.50. The first-order valence-corrected chi connectivity index (χ1v) is 12.8. The van der Waals surface area contributed by atoms with Gasteiger partial charge in [-0.3, -0.25) is 14.3 Å². The molecule has 2 aromatic rings. The van der Waals surface area contributed by atoms with E-state index in [2.05, 4.69) is 40.7 Å². The Balaban J connectivity index is 2.24. The molecule has 2 rings (SSSR count). The topological polar surface area (TPSA) is 96.7 Å². The maximum atomic E-state index is 13.6. The number of pyridine rings is 1. The van der Waals surface area contributed by atoms with E-state index in [9.17, 15) is 18.9 Å². The number of nitrogens with zero attached hydrogens (tertiary/aromatic N) is 1. The lowest BCUT2D eigenvalue weighted by Gasteiger charge is -2.24. The average Bonchev–Trinajstić information content (AvgIpc) is 2.69. The van der Waals surface area contributed by atoms with Crippen molar-refractivity contribution in [1.82, 2.24) is 4.98 Å². The molecule has 0 bridgehead atoms. The van der Waals surface area contributed by atoms with Crippen molar-refractivity contribution in [2.45, 2.75) is 71.3 Å². The van der Waals surface area contributed by atoms with Gasteiger partial charge < -0.3 is 14.7 Å². The van der Waals surface area contributed by atoms with Crippen LogP contribution in [0, 0.1) is 5.82 Å². The lowest BCUT2D eigenvalue weighted by Crippen LogP contribution is -2.17. The Morgan fingerprint density at radius 2 is 1.85 bits per heavy atom. The summed E-state index contributed by atoms with van der Waals surface area (Å²) in [6.07, 6.45) is -0.595. The molecule has 0 aliphatic carbocycles. The summed E-state index contributed by atoms with van der Waals surface area (Å²) in [6.45, 7) is 10.7. The van der Waals surface area contributed by atoms with Gasteiger partial charge >= 0.3 is 5.97 Å². The van der Waals surface area contributed by atoms with Crippen LogP contribution in [-0.4, -0.2) is 40.0 Å². The summed E-state index contributed by atoms with van der Waals surface area (Å²) < 4.78 is 31.0. The number of aliphatic hydroxyl groups is 1. The predicted molar refractivity (Wildman–Crippen MR) is 129 cm³/mol. The number of carboxylic acids is 1. The second-order valence-electron chi connectivity index (χ2n) is 9.61. The molecule has 1 heterocycles. The second kappa shape index (κ2) is 11.9. The Morgan fingerprint density at radius 1 is 1.21 bits per heavy atom. The van der Waals surface area contributed by atoms with Crippen LogP contribution in [0.4, 0.5) is 4.39 Å². The zero-order valence-electron chi connectivity index (χ0n) is 20.0. The number of hydrogen-bond donors (Lipinski definition) is 2. The number of aliphatic hydroxyl groups excluding tert-OH is 1. The van der Waals surface area contributed by atoms with E-state index in [4.69, 9.17) is 14.6 Å². The molecule has 0 saturated heterocycles. The van der Waals surface area contributed by atoms with Crippen LogP contribution in [0.15, 0.2) is 30.3 Å². The summed E-state index contributed by atoms with van der Waals surface area (Å²) in [5, 5.41) is 18.3. The first-order chi connectivity index (χ1) is 15.4. The Labute approximate surface area is 196 Å². The summed E-state index contributed by atoms with van der Waals surface area (Å²) >= 11 is 0. The minimum atomic E-state index is -2.53. The molecular formula is C25H35FNO5P. The third-order valence-electron chi connectivity index (χ3n) is 5.27. The van der Waals surface area contributed by atoms with E-state index in [1.54, 1.807) is 12.1 Å². The monoisotopic (exact) mass is 479 g/mol. The molecule has 2 N–H and O–H groups in total. The van der Waals surface area contributed by atoms with Crippen molar-refractivity contribution < 1.29 is 28.5 Å². The van der Waals surface area contributed by atoms with Crippen LogP contribution in [0.3, 0.4) is 0 Å². The SMILES string of the molecule is CC(C)c1nc(C(C)(C)C)cc(-c2ccc(F)cc2)c1CCCO[PH](=O)CC(O)CC(=O)O. The molecule has 0 fully saturated rings. The van der Waals surface area contributed by atoms with Gasteiger partial charge in [-0.05, 0) is 53.6 Å². The summed E-state index contributed by atoms with van der Waals surface area (Å²) in [5.74, 6) is -1.26. The van der Waals surface area contributed by atoms with Crippen molar-refractivity contribution in [1.29, 1.82) is 0 Å². The maximum Gasteiger partial charge on any atom is 0.305 e. The maximum absolute atomic E-state index is 13.6. The molecule has 33 heavy (non-hydrogen) atoms. The lowest BCUT2D eigenvalue weighted by atomic mass is 9.85. The molecular weight excluding hydrogens is 444 g/mol. The fraction of sp³-hybridized carbons (Fsp3) is 0.520. The molecule has 0 saturated carbocycles. The van der Waals surface area contributed by atoms with Crippen LogP contribution in [-0.2, 0) is 25.7 Å². The second-order valence-corrected chi connectivity index (χ2v) is 11.1. The highest BCUT2D eigenvalue weighted by Gasteiger charge is 2.22. The lowest BCUT2D eigenvalue weighted by molar-refractivity contribution is -0.138. The van der Waals surface area contributed by atoms with E-state index in [1.165, 1.54) is 12.1 Å². The van der Waals surface area contributed by atoms with Gasteiger partial charge in [0.15, 0.2) is 8.03 Å². The first-order valence-electron chi connectivity index (χ1n) is 11.2. The van der Waals surface area contributed by atoms with Crippen molar-refractivity contribution in [3.63, 3.8) is 0 Å². The van der Waals surface area contributed by atoms with Crippen LogP contribution in [0.25, 0.3) is 11.1 Å². The van der Waals surface area contributed by atoms with E-state index in [1.807, 2.05) is 0 Å². The molecule has 2 unspecified atom stereocenters. The van der Waals surface area contributed by atoms with Gasteiger partial charge in [-0.25, -0.2) is 4.39 Å². The Morgan fingerprint density at radius 3 is 2.39 bits per heavy atom. The molecule has 0 aliphatic heterocycles. The quantitative estimate of drug-likeness (QED) is 0.323. The average molecular weight is 480 g/mol. The molecule has 0 radical (unpaired) electrons. The number of benzene rings is 1. The van der Waals surface area contributed by atoms with Crippen molar-refractivity contribution in [3.05, 3.63) is 53.1 Å². The van der Waals surface area contributed by atoms with Crippen LogP contribution < -0.4 is 0 Å². The smallest absolute Gasteiger partial charge is 0.305 e. The third-order valence-corrected chi connectivity index (χ3v) is 6.60. The van der Waals surface area contributed by atoms with Crippen LogP contribution in [0.5, 0.6) is 0 Å². The first kappa shape index (κ1) is 27.2. The molecule has 2 atom stereocenters. The van der Waals surface area contributed by atoms with E-state index in [0.717, 1.165) is 28.1 Å². The predicted octanol–water partition coefficient (Wildman–Crippen LogP) is 5.57. The summed E-state index contributed by atoms with van der Waals surface area (Å²) in [5.41, 5.74) is 4.75. The summed E-state index contributed by atoms with van der Waals surface area (Å²) in [7, 11) is -2.53. The van der Waals surface area contributed by atoms with Gasteiger partial charge in [0.1, 0.15) is 5.82 Å². The Hall–Kier alpha value is -2.08. The van der Waals surface area contributed by atoms with Crippen molar-refractivity contribution in [3.8, 4) is 11.1 Å². The molecule has 1 aromatic carbocycles. The van der Waals surface area contributed by atoms with Crippen LogP contribution in [0.2, 0.25) is 0 Å². The van der Waals surface area contributed by atoms with Crippen molar-refractivity contribution in [2.75, 3.05) is 12.8 Å². The normalized spacial score (nSPS) is 13.8. The standard InChI is InChI=1S/C25H35FNO5P/c1-16(2)24-20(7-6-12-32-33(31)15-19(28)13-23(29)30)21(14-22(27-24)25(3,4)5)17-8-10-18(26)11-9-17/h8-11,14,16,19,28,33H,6-7,12-13,15H2,1-5H3,(H,29,30). The van der Waals surface area contributed by atoms with Gasteiger partial charge in [0.05, 0.1) is 19.1 Å². The third kappa shape index (κ3) is 8.33. The van der Waals surface area contributed by atoms with E-state index in [-0.39, 0.29) is 29.9 Å². The molecule has 0 spiro atoms. The number of aromatic nitrogens is 1. The highest BCUT2D eigenvalue weighted by molar-refractivity contribution is 7.39. The molecule has 8 heteroatoms. The largest absolute Gasteiger partial charge is 0.481 e. The van der Waals surface area contributed by atoms with Crippen LogP contribution >= 0.6 is 8.03 Å². The van der Waals surface area contributed by atoms with Crippen LogP contribution in [0.1, 0.15) is 70.3 Å². The van der Waals surface area contributed by atoms with Crippen molar-refractivity contribution >= 4 is 14.0 Å². The molecule has 1 aromatic heterocycles. The minimum absolute atomic E-state index is 0.156. The van der Waals surface area contributed by atoms with Gasteiger partial charge in [0.2, 0.25) is 0 Å². The molecule has 0 amide bonds.